The van der Waals surface area contributed by atoms with Gasteiger partial charge in [-0.25, -0.2) is 0 Å². The van der Waals surface area contributed by atoms with Gasteiger partial charge in [-0.05, 0) is 19.1 Å². The lowest BCUT2D eigenvalue weighted by Crippen LogP contribution is -2.23. The zero-order valence-electron chi connectivity index (χ0n) is 13.7. The van der Waals surface area contributed by atoms with E-state index in [2.05, 4.69) is 30.8 Å². The van der Waals surface area contributed by atoms with Crippen LogP contribution in [0.5, 0.6) is 0 Å². The van der Waals surface area contributed by atoms with Gasteiger partial charge in [-0.15, -0.1) is 5.10 Å². The van der Waals surface area contributed by atoms with Crippen LogP contribution in [0.25, 0.3) is 17.2 Å². The molecule has 4 rings (SSSR count). The van der Waals surface area contributed by atoms with Crippen molar-refractivity contribution in [2.24, 2.45) is 0 Å². The van der Waals surface area contributed by atoms with E-state index in [4.69, 9.17) is 9.05 Å². The van der Waals surface area contributed by atoms with Crippen molar-refractivity contribution < 1.29 is 13.8 Å². The van der Waals surface area contributed by atoms with Gasteiger partial charge in [0.1, 0.15) is 5.76 Å². The zero-order valence-corrected chi connectivity index (χ0v) is 13.7. The molecule has 0 bridgehead atoms. The number of hydrogen-bond donors (Lipinski definition) is 1. The molecule has 0 aliphatic rings. The summed E-state index contributed by atoms with van der Waals surface area (Å²) in [5.74, 6) is 0.774. The Morgan fingerprint density at radius 3 is 2.81 bits per heavy atom. The van der Waals surface area contributed by atoms with E-state index >= 15 is 0 Å². The molecule has 26 heavy (non-hydrogen) atoms. The summed E-state index contributed by atoms with van der Waals surface area (Å²) in [5, 5.41) is 18.5. The molecule has 10 nitrogen and oxygen atoms in total. The van der Waals surface area contributed by atoms with E-state index in [1.165, 1.54) is 11.0 Å². The van der Waals surface area contributed by atoms with Crippen LogP contribution in [0.3, 0.4) is 0 Å². The quantitative estimate of drug-likeness (QED) is 0.574. The summed E-state index contributed by atoms with van der Waals surface area (Å²) >= 11 is 0. The van der Waals surface area contributed by atoms with E-state index in [1.807, 2.05) is 30.3 Å². The molecule has 0 unspecified atom stereocenters. The normalized spacial score (nSPS) is 10.8. The Kier molecular flexibility index (Phi) is 3.98. The highest BCUT2D eigenvalue weighted by molar-refractivity contribution is 5.91. The molecular weight excluding hydrogens is 338 g/mol. The van der Waals surface area contributed by atoms with Crippen LogP contribution in [-0.4, -0.2) is 36.2 Å². The van der Waals surface area contributed by atoms with Gasteiger partial charge in [0.15, 0.2) is 11.4 Å². The smallest absolute Gasteiger partial charge is 0.273 e. The summed E-state index contributed by atoms with van der Waals surface area (Å²) in [5.41, 5.74) is 1.41. The van der Waals surface area contributed by atoms with Crippen LogP contribution in [0.15, 0.2) is 51.6 Å². The van der Waals surface area contributed by atoms with Gasteiger partial charge in [-0.1, -0.05) is 28.5 Å². The van der Waals surface area contributed by atoms with Gasteiger partial charge in [0.05, 0.1) is 18.4 Å². The highest BCUT2D eigenvalue weighted by Gasteiger charge is 2.15. The predicted molar refractivity (Wildman–Crippen MR) is 87.1 cm³/mol. The first kappa shape index (κ1) is 15.7. The number of amides is 1. The highest BCUT2D eigenvalue weighted by Crippen LogP contribution is 2.15. The van der Waals surface area contributed by atoms with Crippen LogP contribution >= 0.6 is 0 Å². The second kappa shape index (κ2) is 6.59. The summed E-state index contributed by atoms with van der Waals surface area (Å²) in [6.45, 7) is 1.82. The zero-order chi connectivity index (χ0) is 17.9. The van der Waals surface area contributed by atoms with Crippen molar-refractivity contribution in [1.29, 1.82) is 0 Å². The summed E-state index contributed by atoms with van der Waals surface area (Å²) in [6.07, 6.45) is 1.39. The topological polar surface area (TPSA) is 125 Å². The van der Waals surface area contributed by atoms with Crippen LogP contribution in [0.1, 0.15) is 22.1 Å². The lowest BCUT2D eigenvalue weighted by Gasteiger charge is -1.99. The number of hydrogen-bond acceptors (Lipinski definition) is 8. The van der Waals surface area contributed by atoms with Crippen LogP contribution in [0, 0.1) is 6.92 Å². The molecule has 0 aliphatic heterocycles. The van der Waals surface area contributed by atoms with Crippen molar-refractivity contribution in [2.75, 3.05) is 0 Å². The minimum atomic E-state index is -0.399. The number of carbonyl (C=O) groups is 1. The maximum atomic E-state index is 12.2. The average Bonchev–Trinajstić information content (AvgIpc) is 3.40. The van der Waals surface area contributed by atoms with E-state index in [0.717, 1.165) is 5.69 Å². The Balaban J connectivity index is 1.40. The number of aromatic nitrogens is 6. The molecule has 10 heteroatoms. The van der Waals surface area contributed by atoms with Gasteiger partial charge in [0.25, 0.3) is 5.91 Å². The van der Waals surface area contributed by atoms with Gasteiger partial charge in [-0.2, -0.15) is 14.9 Å². The molecule has 0 saturated carbocycles. The van der Waals surface area contributed by atoms with E-state index in [-0.39, 0.29) is 18.1 Å². The molecule has 0 fully saturated rings. The summed E-state index contributed by atoms with van der Waals surface area (Å²) in [6, 6.07) is 11.0. The van der Waals surface area contributed by atoms with Crippen LogP contribution in [0.4, 0.5) is 0 Å². The number of carbonyl (C=O) groups excluding carboxylic acids is 1. The lowest BCUT2D eigenvalue weighted by molar-refractivity contribution is 0.0941. The Morgan fingerprint density at radius 2 is 2.04 bits per heavy atom. The first-order chi connectivity index (χ1) is 12.7. The molecule has 1 N–H and O–H groups in total. The molecule has 3 aromatic heterocycles. The number of rotatable bonds is 5. The molecule has 3 heterocycles. The molecule has 0 aliphatic carbocycles. The Bertz CT molecular complexity index is 1040. The van der Waals surface area contributed by atoms with E-state index in [1.54, 1.807) is 13.0 Å². The molecule has 0 atom stereocenters. The van der Waals surface area contributed by atoms with Crippen molar-refractivity contribution in [3.63, 3.8) is 0 Å². The fourth-order valence-corrected chi connectivity index (χ4v) is 2.20. The monoisotopic (exact) mass is 351 g/mol. The molecule has 1 aromatic carbocycles. The fraction of sp³-hybridized carbons (Fsp3) is 0.125. The number of para-hydroxylation sites is 1. The van der Waals surface area contributed by atoms with E-state index < -0.39 is 5.91 Å². The maximum absolute atomic E-state index is 12.2. The molecule has 0 spiro atoms. The van der Waals surface area contributed by atoms with Crippen molar-refractivity contribution in [3.8, 4) is 17.2 Å². The molecule has 130 valence electrons. The molecular formula is C16H13N7O3. The minimum Gasteiger partial charge on any atom is -0.361 e. The Hall–Kier alpha value is -3.82. The van der Waals surface area contributed by atoms with Crippen molar-refractivity contribution in [1.82, 2.24) is 35.6 Å². The minimum absolute atomic E-state index is 0.0564. The number of aryl methyl sites for hydroxylation is 1. The number of benzene rings is 1. The SMILES string of the molecule is Cc1cc(-c2noc(CNC(=O)c3cnn(-c4ccccc4)n3)n2)no1. The van der Waals surface area contributed by atoms with E-state index in [9.17, 15) is 4.79 Å². The molecule has 0 saturated heterocycles. The Morgan fingerprint density at radius 1 is 1.19 bits per heavy atom. The van der Waals surface area contributed by atoms with Gasteiger partial charge in [-0.3, -0.25) is 4.79 Å². The number of nitrogens with zero attached hydrogens (tertiary/aromatic N) is 6. The predicted octanol–water partition coefficient (Wildman–Crippen LogP) is 1.54. The third-order valence-corrected chi connectivity index (χ3v) is 3.44. The van der Waals surface area contributed by atoms with Crippen molar-refractivity contribution in [2.45, 2.75) is 13.5 Å². The van der Waals surface area contributed by atoms with Crippen LogP contribution in [0.2, 0.25) is 0 Å². The second-order valence-electron chi connectivity index (χ2n) is 5.37. The number of nitrogens with one attached hydrogen (secondary N) is 1. The first-order valence-corrected chi connectivity index (χ1v) is 7.71. The largest absolute Gasteiger partial charge is 0.361 e. The second-order valence-corrected chi connectivity index (χ2v) is 5.37. The molecule has 1 amide bonds. The van der Waals surface area contributed by atoms with Gasteiger partial charge < -0.3 is 14.4 Å². The molecule has 4 aromatic rings. The van der Waals surface area contributed by atoms with E-state index in [0.29, 0.717) is 17.3 Å². The summed E-state index contributed by atoms with van der Waals surface area (Å²) in [7, 11) is 0. The average molecular weight is 351 g/mol. The highest BCUT2D eigenvalue weighted by atomic mass is 16.5. The fourth-order valence-electron chi connectivity index (χ4n) is 2.20. The third-order valence-electron chi connectivity index (χ3n) is 3.44. The van der Waals surface area contributed by atoms with Crippen molar-refractivity contribution in [3.05, 3.63) is 59.9 Å². The van der Waals surface area contributed by atoms with Crippen molar-refractivity contribution >= 4 is 5.91 Å². The Labute approximate surface area is 146 Å². The lowest BCUT2D eigenvalue weighted by atomic mass is 10.3. The molecule has 0 radical (unpaired) electrons. The van der Waals surface area contributed by atoms with Crippen LogP contribution < -0.4 is 5.32 Å². The van der Waals surface area contributed by atoms with Gasteiger partial charge in [0.2, 0.25) is 11.7 Å². The third kappa shape index (κ3) is 3.20. The van der Waals surface area contributed by atoms with Crippen LogP contribution in [-0.2, 0) is 6.54 Å². The summed E-state index contributed by atoms with van der Waals surface area (Å²) < 4.78 is 10.1. The standard InChI is InChI=1S/C16H13N7O3/c1-10-7-12(21-25-10)15-19-14(26-22-15)9-17-16(24)13-8-18-23(20-13)11-5-3-2-4-6-11/h2-8H,9H2,1H3,(H,17,24). The maximum Gasteiger partial charge on any atom is 0.273 e. The first-order valence-electron chi connectivity index (χ1n) is 7.71. The van der Waals surface area contributed by atoms with Gasteiger partial charge >= 0.3 is 0 Å². The van der Waals surface area contributed by atoms with Gasteiger partial charge in [0, 0.05) is 6.07 Å². The summed E-state index contributed by atoms with van der Waals surface area (Å²) in [4.78, 5) is 17.7.